The number of benzene rings is 1. The molecule has 0 heterocycles. The summed E-state index contributed by atoms with van der Waals surface area (Å²) in [6.07, 6.45) is -2.52. The predicted molar refractivity (Wildman–Crippen MR) is 49.3 cm³/mol. The number of rotatable bonds is 3. The Morgan fingerprint density at radius 3 is 2.87 bits per heavy atom. The molecule has 0 radical (unpaired) electrons. The minimum atomic E-state index is -2.52. The van der Waals surface area contributed by atoms with E-state index in [2.05, 4.69) is 4.74 Å². The lowest BCUT2D eigenvalue weighted by Crippen LogP contribution is -2.21. The number of aliphatic carboxylic acids is 1. The fourth-order valence-corrected chi connectivity index (χ4v) is 1.01. The average Bonchev–Trinajstić information content (AvgIpc) is 2.18. The molecule has 4 nitrogen and oxygen atoms in total. The summed E-state index contributed by atoms with van der Waals surface area (Å²) in [6, 6.07) is 5.63. The van der Waals surface area contributed by atoms with E-state index in [0.717, 1.165) is 0 Å². The van der Waals surface area contributed by atoms with Gasteiger partial charge in [-0.1, -0.05) is 11.6 Å². The molecule has 6 heteroatoms. The van der Waals surface area contributed by atoms with Gasteiger partial charge in [0.15, 0.2) is 0 Å². The number of carboxylic acid groups (broad SMARTS) is 1. The zero-order valence-corrected chi connectivity index (χ0v) is 8.03. The highest BCUT2D eigenvalue weighted by Crippen LogP contribution is 2.23. The number of halogens is 2. The molecule has 1 aromatic carbocycles. The van der Waals surface area contributed by atoms with Gasteiger partial charge in [0.05, 0.1) is 5.56 Å². The van der Waals surface area contributed by atoms with Crippen LogP contribution < -0.4 is 4.74 Å². The van der Waals surface area contributed by atoms with Crippen LogP contribution in [0.4, 0.5) is 4.39 Å². The molecule has 1 unspecified atom stereocenters. The lowest BCUT2D eigenvalue weighted by atomic mass is 10.2. The quantitative estimate of drug-likeness (QED) is 0.860. The Hall–Kier alpha value is -1.80. The van der Waals surface area contributed by atoms with Crippen molar-refractivity contribution in [3.63, 3.8) is 0 Å². The first-order chi connectivity index (χ1) is 7.04. The Bertz CT molecular complexity index is 430. The van der Waals surface area contributed by atoms with E-state index in [1.807, 2.05) is 0 Å². The third-order valence-corrected chi connectivity index (χ3v) is 1.72. The van der Waals surface area contributed by atoms with Gasteiger partial charge in [0, 0.05) is 11.1 Å². The summed E-state index contributed by atoms with van der Waals surface area (Å²) in [6.45, 7) is 0. The maximum absolute atomic E-state index is 12.7. The molecular weight excluding hydrogens is 225 g/mol. The first kappa shape index (κ1) is 11.3. The van der Waals surface area contributed by atoms with Crippen molar-refractivity contribution < 1.29 is 19.0 Å². The molecule has 1 N–H and O–H groups in total. The number of nitriles is 1. The molecule has 0 fully saturated rings. The molecule has 0 saturated carbocycles. The number of ether oxygens (including phenoxy) is 1. The van der Waals surface area contributed by atoms with E-state index in [4.69, 9.17) is 22.0 Å². The largest absolute Gasteiger partial charge is 0.476 e. The molecule has 0 aromatic heterocycles. The van der Waals surface area contributed by atoms with Gasteiger partial charge in [0.1, 0.15) is 11.8 Å². The van der Waals surface area contributed by atoms with Gasteiger partial charge >= 0.3 is 12.3 Å². The summed E-state index contributed by atoms with van der Waals surface area (Å²) in [5.41, 5.74) is 0.0169. The van der Waals surface area contributed by atoms with Crippen molar-refractivity contribution in [1.29, 1.82) is 5.26 Å². The lowest BCUT2D eigenvalue weighted by molar-refractivity contribution is -0.153. The summed E-state index contributed by atoms with van der Waals surface area (Å²) in [4.78, 5) is 10.2. The normalized spacial score (nSPS) is 11.5. The summed E-state index contributed by atoms with van der Waals surface area (Å²) in [5, 5.41) is 17.1. The maximum atomic E-state index is 12.7. The molecule has 78 valence electrons. The van der Waals surface area contributed by atoms with Crippen LogP contribution in [0, 0.1) is 11.3 Å². The zero-order valence-electron chi connectivity index (χ0n) is 7.28. The highest BCUT2D eigenvalue weighted by molar-refractivity contribution is 6.30. The van der Waals surface area contributed by atoms with Crippen molar-refractivity contribution in [2.24, 2.45) is 0 Å². The Balaban J connectivity index is 2.98. The summed E-state index contributed by atoms with van der Waals surface area (Å²) in [7, 11) is 0. The lowest BCUT2D eigenvalue weighted by Gasteiger charge is -2.08. The molecular formula is C9H5ClFNO3. The highest BCUT2D eigenvalue weighted by atomic mass is 35.5. The molecule has 15 heavy (non-hydrogen) atoms. The van der Waals surface area contributed by atoms with Crippen molar-refractivity contribution in [2.45, 2.75) is 6.36 Å². The second-order valence-corrected chi connectivity index (χ2v) is 2.96. The fourth-order valence-electron chi connectivity index (χ4n) is 0.848. The summed E-state index contributed by atoms with van der Waals surface area (Å²) in [5.74, 6) is -1.96. The molecule has 0 saturated heterocycles. The van der Waals surface area contributed by atoms with Crippen LogP contribution in [0.1, 0.15) is 5.56 Å². The first-order valence-corrected chi connectivity index (χ1v) is 4.15. The van der Waals surface area contributed by atoms with E-state index in [1.54, 1.807) is 6.07 Å². The van der Waals surface area contributed by atoms with Crippen LogP contribution in [0.2, 0.25) is 5.02 Å². The minimum absolute atomic E-state index is 0.0169. The molecule has 0 bridgehead atoms. The molecule has 0 spiro atoms. The van der Waals surface area contributed by atoms with E-state index in [1.165, 1.54) is 18.2 Å². The monoisotopic (exact) mass is 229 g/mol. The van der Waals surface area contributed by atoms with E-state index in [9.17, 15) is 9.18 Å². The summed E-state index contributed by atoms with van der Waals surface area (Å²) < 4.78 is 17.1. The second kappa shape index (κ2) is 4.62. The van der Waals surface area contributed by atoms with Gasteiger partial charge in [0.25, 0.3) is 0 Å². The van der Waals surface area contributed by atoms with Crippen molar-refractivity contribution in [3.05, 3.63) is 28.8 Å². The predicted octanol–water partition coefficient (Wildman–Crippen LogP) is 1.97. The van der Waals surface area contributed by atoms with Gasteiger partial charge in [-0.2, -0.15) is 9.65 Å². The van der Waals surface area contributed by atoms with Crippen LogP contribution >= 0.6 is 11.6 Å². The van der Waals surface area contributed by atoms with Gasteiger partial charge in [-0.15, -0.1) is 0 Å². The van der Waals surface area contributed by atoms with Gasteiger partial charge in [-0.25, -0.2) is 4.79 Å². The Morgan fingerprint density at radius 2 is 2.33 bits per heavy atom. The zero-order chi connectivity index (χ0) is 11.4. The minimum Gasteiger partial charge on any atom is -0.476 e. The van der Waals surface area contributed by atoms with Crippen LogP contribution in [0.15, 0.2) is 18.2 Å². The average molecular weight is 230 g/mol. The number of hydrogen-bond acceptors (Lipinski definition) is 3. The van der Waals surface area contributed by atoms with Crippen molar-refractivity contribution in [1.82, 2.24) is 0 Å². The van der Waals surface area contributed by atoms with Crippen LogP contribution in [0.25, 0.3) is 0 Å². The molecule has 1 rings (SSSR count). The van der Waals surface area contributed by atoms with E-state index >= 15 is 0 Å². The molecule has 1 atom stereocenters. The number of alkyl halides is 1. The number of hydrogen-bond donors (Lipinski definition) is 1. The summed E-state index contributed by atoms with van der Waals surface area (Å²) >= 11 is 5.58. The van der Waals surface area contributed by atoms with Gasteiger partial charge in [0.2, 0.25) is 0 Å². The molecule has 0 aliphatic rings. The van der Waals surface area contributed by atoms with Crippen LogP contribution in [-0.2, 0) is 4.79 Å². The highest BCUT2D eigenvalue weighted by Gasteiger charge is 2.19. The van der Waals surface area contributed by atoms with Crippen LogP contribution in [0.3, 0.4) is 0 Å². The van der Waals surface area contributed by atoms with Gasteiger partial charge in [-0.3, -0.25) is 0 Å². The molecule has 1 aromatic rings. The fraction of sp³-hybridized carbons (Fsp3) is 0.111. The van der Waals surface area contributed by atoms with Crippen molar-refractivity contribution in [2.75, 3.05) is 0 Å². The number of carbonyl (C=O) groups is 1. The number of carboxylic acids is 1. The van der Waals surface area contributed by atoms with Crippen LogP contribution in [-0.4, -0.2) is 17.4 Å². The van der Waals surface area contributed by atoms with Gasteiger partial charge in [-0.05, 0) is 12.1 Å². The van der Waals surface area contributed by atoms with Crippen molar-refractivity contribution >= 4 is 17.6 Å². The van der Waals surface area contributed by atoms with E-state index in [-0.39, 0.29) is 16.3 Å². The standard InChI is InChI=1S/C9H5ClFNO3/c10-6-2-1-5(4-12)7(3-6)15-8(11)9(13)14/h1-3,8H,(H,13,14). The maximum Gasteiger partial charge on any atom is 0.378 e. The van der Waals surface area contributed by atoms with Crippen LogP contribution in [0.5, 0.6) is 5.75 Å². The van der Waals surface area contributed by atoms with E-state index < -0.39 is 12.3 Å². The van der Waals surface area contributed by atoms with Crippen molar-refractivity contribution in [3.8, 4) is 11.8 Å². The molecule has 0 aliphatic heterocycles. The molecule has 0 amide bonds. The van der Waals surface area contributed by atoms with E-state index in [0.29, 0.717) is 0 Å². The SMILES string of the molecule is N#Cc1ccc(Cl)cc1OC(F)C(=O)O. The first-order valence-electron chi connectivity index (χ1n) is 3.78. The third kappa shape index (κ3) is 2.82. The Morgan fingerprint density at radius 1 is 1.67 bits per heavy atom. The second-order valence-electron chi connectivity index (χ2n) is 2.52. The third-order valence-electron chi connectivity index (χ3n) is 1.49. The topological polar surface area (TPSA) is 70.3 Å². The van der Waals surface area contributed by atoms with Gasteiger partial charge < -0.3 is 9.84 Å². The Labute approximate surface area is 89.5 Å². The Kier molecular flexibility index (Phi) is 3.47. The smallest absolute Gasteiger partial charge is 0.378 e. The number of nitrogens with zero attached hydrogens (tertiary/aromatic N) is 1. The molecule has 0 aliphatic carbocycles.